The summed E-state index contributed by atoms with van der Waals surface area (Å²) < 4.78 is 6.62. The number of primary amides is 1. The summed E-state index contributed by atoms with van der Waals surface area (Å²) in [4.78, 5) is 12.2. The van der Waals surface area contributed by atoms with E-state index in [0.29, 0.717) is 10.6 Å². The van der Waals surface area contributed by atoms with Gasteiger partial charge in [-0.25, -0.2) is 4.68 Å². The molecule has 0 spiro atoms. The zero-order valence-corrected chi connectivity index (χ0v) is 12.1. The fourth-order valence-electron chi connectivity index (χ4n) is 2.36. The summed E-state index contributed by atoms with van der Waals surface area (Å²) in [6, 6.07) is 3.52. The average Bonchev–Trinajstić information content (AvgIpc) is 3.19. The SMILES string of the molecule is NC(=O)c1nnn([C@@H]2O[C@H](CO)[C@@H](O)[C@H]2O)c1-c1cccs1. The third kappa shape index (κ3) is 2.30. The Hall–Kier alpha value is -1.85. The standard InChI is InChI=1S/C12H14N4O5S/c13-11(20)7-8(6-2-1-3-22-6)16(15-14-7)12-10(19)9(18)5(4-17)21-12/h1-3,5,9-10,12,17-19H,4H2,(H2,13,20)/t5-,9-,10-,12-/m1/s1. The number of carbonyl (C=O) groups excluding carboxylic acids is 1. The van der Waals surface area contributed by atoms with Gasteiger partial charge in [-0.1, -0.05) is 11.3 Å². The maximum atomic E-state index is 11.5. The summed E-state index contributed by atoms with van der Waals surface area (Å²) in [5, 5.41) is 38.4. The third-order valence-corrected chi connectivity index (χ3v) is 4.32. The molecule has 0 bridgehead atoms. The number of nitrogens with two attached hydrogens (primary N) is 1. The number of nitrogens with zero attached hydrogens (tertiary/aromatic N) is 3. The Morgan fingerprint density at radius 2 is 2.23 bits per heavy atom. The van der Waals surface area contributed by atoms with Crippen LogP contribution in [0.15, 0.2) is 17.5 Å². The van der Waals surface area contributed by atoms with E-state index in [-0.39, 0.29) is 5.69 Å². The van der Waals surface area contributed by atoms with Crippen molar-refractivity contribution in [2.75, 3.05) is 6.61 Å². The Morgan fingerprint density at radius 1 is 1.45 bits per heavy atom. The minimum atomic E-state index is -1.32. The Labute approximate surface area is 128 Å². The van der Waals surface area contributed by atoms with E-state index in [0.717, 1.165) is 0 Å². The molecule has 22 heavy (non-hydrogen) atoms. The van der Waals surface area contributed by atoms with Gasteiger partial charge in [-0.05, 0) is 11.4 Å². The molecule has 0 unspecified atom stereocenters. The number of ether oxygens (including phenoxy) is 1. The van der Waals surface area contributed by atoms with Crippen molar-refractivity contribution in [1.29, 1.82) is 0 Å². The van der Waals surface area contributed by atoms with Gasteiger partial charge in [0.25, 0.3) is 5.91 Å². The van der Waals surface area contributed by atoms with Crippen molar-refractivity contribution in [2.45, 2.75) is 24.5 Å². The molecule has 0 saturated carbocycles. The number of hydrogen-bond acceptors (Lipinski definition) is 8. The number of thiophene rings is 1. The Kier molecular flexibility index (Phi) is 3.93. The van der Waals surface area contributed by atoms with Crippen LogP contribution in [-0.2, 0) is 4.74 Å². The van der Waals surface area contributed by atoms with Crippen LogP contribution in [0.4, 0.5) is 0 Å². The van der Waals surface area contributed by atoms with Gasteiger partial charge in [0, 0.05) is 0 Å². The van der Waals surface area contributed by atoms with Gasteiger partial charge in [-0.15, -0.1) is 16.4 Å². The highest BCUT2D eigenvalue weighted by atomic mass is 32.1. The molecule has 1 saturated heterocycles. The predicted molar refractivity (Wildman–Crippen MR) is 74.9 cm³/mol. The van der Waals surface area contributed by atoms with E-state index >= 15 is 0 Å². The van der Waals surface area contributed by atoms with Gasteiger partial charge in [-0.2, -0.15) is 0 Å². The molecule has 0 aliphatic carbocycles. The van der Waals surface area contributed by atoms with Gasteiger partial charge in [0.2, 0.25) is 0 Å². The molecule has 0 radical (unpaired) electrons. The highest BCUT2D eigenvalue weighted by molar-refractivity contribution is 7.13. The number of carbonyl (C=O) groups is 1. The first-order valence-electron chi connectivity index (χ1n) is 6.46. The Bertz CT molecular complexity index is 673. The highest BCUT2D eigenvalue weighted by Gasteiger charge is 2.45. The summed E-state index contributed by atoms with van der Waals surface area (Å²) >= 11 is 1.34. The quantitative estimate of drug-likeness (QED) is 0.547. The van der Waals surface area contributed by atoms with Crippen LogP contribution in [0.2, 0.25) is 0 Å². The first-order chi connectivity index (χ1) is 10.5. The van der Waals surface area contributed by atoms with Crippen LogP contribution in [0.1, 0.15) is 16.7 Å². The van der Waals surface area contributed by atoms with Crippen molar-refractivity contribution < 1.29 is 24.9 Å². The second-order valence-electron chi connectivity index (χ2n) is 4.80. The molecule has 3 rings (SSSR count). The summed E-state index contributed by atoms with van der Waals surface area (Å²) in [6.45, 7) is -0.458. The smallest absolute Gasteiger partial charge is 0.271 e. The number of aliphatic hydroxyl groups excluding tert-OH is 3. The first kappa shape index (κ1) is 15.1. The molecule has 118 valence electrons. The second-order valence-corrected chi connectivity index (χ2v) is 5.75. The molecular weight excluding hydrogens is 312 g/mol. The molecule has 1 aliphatic heterocycles. The van der Waals surface area contributed by atoms with Gasteiger partial charge >= 0.3 is 0 Å². The fourth-order valence-corrected chi connectivity index (χ4v) is 3.13. The van der Waals surface area contributed by atoms with E-state index in [2.05, 4.69) is 10.3 Å². The molecule has 1 aliphatic rings. The summed E-state index contributed by atoms with van der Waals surface area (Å²) in [6.07, 6.45) is -4.62. The molecule has 3 heterocycles. The van der Waals surface area contributed by atoms with Gasteiger partial charge in [0.05, 0.1) is 11.5 Å². The molecule has 0 aromatic carbocycles. The minimum absolute atomic E-state index is 0.0554. The molecule has 9 nitrogen and oxygen atoms in total. The summed E-state index contributed by atoms with van der Waals surface area (Å²) in [5.74, 6) is -0.763. The van der Waals surface area contributed by atoms with Crippen LogP contribution < -0.4 is 5.73 Å². The lowest BCUT2D eigenvalue weighted by Gasteiger charge is -2.16. The lowest BCUT2D eigenvalue weighted by atomic mass is 10.1. The fraction of sp³-hybridized carbons (Fsp3) is 0.417. The Balaban J connectivity index is 2.07. The molecule has 4 atom stereocenters. The first-order valence-corrected chi connectivity index (χ1v) is 7.34. The predicted octanol–water partition coefficient (Wildman–Crippen LogP) is -1.28. The number of aliphatic hydroxyl groups is 3. The number of rotatable bonds is 4. The van der Waals surface area contributed by atoms with Crippen molar-refractivity contribution in [1.82, 2.24) is 15.0 Å². The van der Waals surface area contributed by atoms with E-state index < -0.39 is 37.1 Å². The summed E-state index contributed by atoms with van der Waals surface area (Å²) in [7, 11) is 0. The van der Waals surface area contributed by atoms with Crippen LogP contribution in [0.25, 0.3) is 10.6 Å². The molecule has 1 amide bonds. The lowest BCUT2D eigenvalue weighted by Crippen LogP contribution is -2.33. The van der Waals surface area contributed by atoms with Crippen LogP contribution in [-0.4, -0.2) is 61.1 Å². The van der Waals surface area contributed by atoms with E-state index in [1.165, 1.54) is 16.0 Å². The minimum Gasteiger partial charge on any atom is -0.394 e. The zero-order valence-electron chi connectivity index (χ0n) is 11.2. The normalized spacial score (nSPS) is 28.1. The van der Waals surface area contributed by atoms with E-state index in [9.17, 15) is 15.0 Å². The van der Waals surface area contributed by atoms with E-state index in [1.54, 1.807) is 17.5 Å². The highest BCUT2D eigenvalue weighted by Crippen LogP contribution is 2.35. The average molecular weight is 326 g/mol. The van der Waals surface area contributed by atoms with Crippen molar-refractivity contribution in [3.8, 4) is 10.6 Å². The van der Waals surface area contributed by atoms with Crippen LogP contribution in [0.3, 0.4) is 0 Å². The van der Waals surface area contributed by atoms with Crippen molar-refractivity contribution in [2.24, 2.45) is 5.73 Å². The van der Waals surface area contributed by atoms with Crippen LogP contribution in [0, 0.1) is 0 Å². The number of hydrogen-bond donors (Lipinski definition) is 4. The third-order valence-electron chi connectivity index (χ3n) is 3.44. The van der Waals surface area contributed by atoms with Gasteiger partial charge in [-0.3, -0.25) is 4.79 Å². The number of aromatic nitrogens is 3. The number of amides is 1. The molecule has 1 fully saturated rings. The molecule has 2 aromatic rings. The largest absolute Gasteiger partial charge is 0.394 e. The van der Waals surface area contributed by atoms with Crippen molar-refractivity contribution >= 4 is 17.2 Å². The molecular formula is C12H14N4O5S. The van der Waals surface area contributed by atoms with Gasteiger partial charge < -0.3 is 25.8 Å². The Morgan fingerprint density at radius 3 is 2.77 bits per heavy atom. The van der Waals surface area contributed by atoms with E-state index in [1.807, 2.05) is 0 Å². The maximum absolute atomic E-state index is 11.5. The van der Waals surface area contributed by atoms with Crippen LogP contribution >= 0.6 is 11.3 Å². The van der Waals surface area contributed by atoms with Crippen molar-refractivity contribution in [3.05, 3.63) is 23.2 Å². The zero-order chi connectivity index (χ0) is 15.9. The van der Waals surface area contributed by atoms with E-state index in [4.69, 9.17) is 15.6 Å². The van der Waals surface area contributed by atoms with Crippen LogP contribution in [0.5, 0.6) is 0 Å². The summed E-state index contributed by atoms with van der Waals surface area (Å²) in [5.41, 5.74) is 5.55. The topological polar surface area (TPSA) is 144 Å². The van der Waals surface area contributed by atoms with Gasteiger partial charge in [0.1, 0.15) is 24.0 Å². The second kappa shape index (κ2) is 5.74. The van der Waals surface area contributed by atoms with Gasteiger partial charge in [0.15, 0.2) is 11.9 Å². The molecule has 5 N–H and O–H groups in total. The monoisotopic (exact) mass is 326 g/mol. The molecule has 10 heteroatoms. The van der Waals surface area contributed by atoms with Crippen molar-refractivity contribution in [3.63, 3.8) is 0 Å². The molecule has 2 aromatic heterocycles. The lowest BCUT2D eigenvalue weighted by molar-refractivity contribution is -0.0585. The maximum Gasteiger partial charge on any atom is 0.271 e.